The molecule has 3 aromatic rings. The summed E-state index contributed by atoms with van der Waals surface area (Å²) in [5, 5.41) is 3.64. The fourth-order valence-electron chi connectivity index (χ4n) is 2.91. The summed E-state index contributed by atoms with van der Waals surface area (Å²) < 4.78 is 40.1. The highest BCUT2D eigenvalue weighted by molar-refractivity contribution is 7.99. The quantitative estimate of drug-likeness (QED) is 0.385. The normalized spacial score (nSPS) is 11.8. The molecule has 0 saturated heterocycles. The fourth-order valence-corrected chi connectivity index (χ4v) is 3.89. The molecule has 0 aliphatic heterocycles. The Kier molecular flexibility index (Phi) is 6.96. The van der Waals surface area contributed by atoms with Crippen LogP contribution in [0.2, 0.25) is 5.02 Å². The highest BCUT2D eigenvalue weighted by Crippen LogP contribution is 2.30. The zero-order chi connectivity index (χ0) is 22.8. The largest absolute Gasteiger partial charge is 0.416 e. The van der Waals surface area contributed by atoms with Gasteiger partial charge in [0.25, 0.3) is 5.56 Å². The van der Waals surface area contributed by atoms with Crippen molar-refractivity contribution >= 4 is 45.9 Å². The van der Waals surface area contributed by atoms with Gasteiger partial charge in [0.2, 0.25) is 5.91 Å². The van der Waals surface area contributed by atoms with E-state index in [4.69, 9.17) is 11.6 Å². The summed E-state index contributed by atoms with van der Waals surface area (Å²) in [6.07, 6.45) is -4.50. The molecule has 0 spiro atoms. The molecule has 3 rings (SSSR count). The smallest absolute Gasteiger partial charge is 0.325 e. The molecule has 1 aromatic heterocycles. The molecule has 0 atom stereocenters. The summed E-state index contributed by atoms with van der Waals surface area (Å²) in [6.45, 7) is 4.31. The molecular formula is C21H19ClF3N3O2S. The Hall–Kier alpha value is -2.52. The van der Waals surface area contributed by atoms with Gasteiger partial charge in [-0.1, -0.05) is 43.3 Å². The summed E-state index contributed by atoms with van der Waals surface area (Å²) >= 11 is 7.05. The van der Waals surface area contributed by atoms with Crippen molar-refractivity contribution < 1.29 is 18.0 Å². The van der Waals surface area contributed by atoms with Crippen LogP contribution in [-0.4, -0.2) is 21.2 Å². The van der Waals surface area contributed by atoms with Gasteiger partial charge in [0, 0.05) is 17.3 Å². The molecule has 0 radical (unpaired) electrons. The van der Waals surface area contributed by atoms with Gasteiger partial charge in [0.05, 0.1) is 22.2 Å². The molecule has 1 N–H and O–H groups in total. The van der Waals surface area contributed by atoms with Crippen LogP contribution in [0.3, 0.4) is 0 Å². The molecule has 2 aromatic carbocycles. The molecule has 0 bridgehead atoms. The van der Waals surface area contributed by atoms with Crippen LogP contribution >= 0.6 is 23.4 Å². The van der Waals surface area contributed by atoms with Gasteiger partial charge in [0.15, 0.2) is 5.16 Å². The Labute approximate surface area is 185 Å². The van der Waals surface area contributed by atoms with Gasteiger partial charge < -0.3 is 5.32 Å². The van der Waals surface area contributed by atoms with Crippen molar-refractivity contribution in [3.63, 3.8) is 0 Å². The number of hydrogen-bond donors (Lipinski definition) is 1. The van der Waals surface area contributed by atoms with E-state index in [9.17, 15) is 22.8 Å². The van der Waals surface area contributed by atoms with Crippen LogP contribution in [0.4, 0.5) is 18.9 Å². The van der Waals surface area contributed by atoms with E-state index < -0.39 is 17.6 Å². The number of anilines is 1. The van der Waals surface area contributed by atoms with Gasteiger partial charge in [-0.15, -0.1) is 0 Å². The van der Waals surface area contributed by atoms with E-state index in [1.165, 1.54) is 16.7 Å². The van der Waals surface area contributed by atoms with Crippen molar-refractivity contribution in [2.24, 2.45) is 5.92 Å². The number of rotatable bonds is 6. The highest BCUT2D eigenvalue weighted by atomic mass is 35.5. The number of aromatic nitrogens is 2. The standard InChI is InChI=1S/C21H19ClF3N3O2S/c1-12(2)10-28-19(30)16-7-6-14(22)9-17(16)27-20(28)31-11-18(29)26-15-5-3-4-13(8-15)21(23,24)25/h3-9,12H,10-11H2,1-2H3,(H,26,29). The maximum absolute atomic E-state index is 12.9. The average molecular weight is 470 g/mol. The number of carbonyl (C=O) groups excluding carboxylic acids is 1. The number of carbonyl (C=O) groups is 1. The fraction of sp³-hybridized carbons (Fsp3) is 0.286. The van der Waals surface area contributed by atoms with E-state index in [1.54, 1.807) is 18.2 Å². The number of amides is 1. The lowest BCUT2D eigenvalue weighted by Crippen LogP contribution is -2.26. The van der Waals surface area contributed by atoms with Crippen molar-refractivity contribution in [1.82, 2.24) is 9.55 Å². The summed E-state index contributed by atoms with van der Waals surface area (Å²) in [6, 6.07) is 9.20. The average Bonchev–Trinajstić information content (AvgIpc) is 2.68. The second kappa shape index (κ2) is 9.32. The lowest BCUT2D eigenvalue weighted by molar-refractivity contribution is -0.137. The molecule has 1 heterocycles. The number of halogens is 4. The molecule has 1 amide bonds. The Balaban J connectivity index is 1.82. The Morgan fingerprint density at radius 3 is 2.65 bits per heavy atom. The Morgan fingerprint density at radius 1 is 1.23 bits per heavy atom. The van der Waals surface area contributed by atoms with Crippen molar-refractivity contribution in [3.05, 3.63) is 63.4 Å². The number of hydrogen-bond acceptors (Lipinski definition) is 4. The predicted molar refractivity (Wildman–Crippen MR) is 117 cm³/mol. The van der Waals surface area contributed by atoms with E-state index >= 15 is 0 Å². The monoisotopic (exact) mass is 469 g/mol. The lowest BCUT2D eigenvalue weighted by atomic mass is 10.2. The first kappa shape index (κ1) is 23.1. The first-order valence-electron chi connectivity index (χ1n) is 9.34. The van der Waals surface area contributed by atoms with Gasteiger partial charge in [-0.05, 0) is 42.3 Å². The lowest BCUT2D eigenvalue weighted by Gasteiger charge is -2.15. The molecule has 0 aliphatic carbocycles. The van der Waals surface area contributed by atoms with Crippen LogP contribution in [0.25, 0.3) is 10.9 Å². The van der Waals surface area contributed by atoms with E-state index in [2.05, 4.69) is 10.3 Å². The number of benzene rings is 2. The van der Waals surface area contributed by atoms with Gasteiger partial charge in [-0.3, -0.25) is 14.2 Å². The predicted octanol–water partition coefficient (Wildman–Crippen LogP) is 5.46. The first-order chi connectivity index (χ1) is 14.5. The SMILES string of the molecule is CC(C)Cn1c(SCC(=O)Nc2cccc(C(F)(F)F)c2)nc2cc(Cl)ccc2c1=O. The second-order valence-electron chi connectivity index (χ2n) is 7.28. The van der Waals surface area contributed by atoms with Gasteiger partial charge in [0.1, 0.15) is 0 Å². The maximum Gasteiger partial charge on any atom is 0.416 e. The summed E-state index contributed by atoms with van der Waals surface area (Å²) in [7, 11) is 0. The number of thioether (sulfide) groups is 1. The van der Waals surface area contributed by atoms with Crippen LogP contribution < -0.4 is 10.9 Å². The van der Waals surface area contributed by atoms with Gasteiger partial charge >= 0.3 is 6.18 Å². The molecule has 0 unspecified atom stereocenters. The maximum atomic E-state index is 12.9. The second-order valence-corrected chi connectivity index (χ2v) is 8.66. The molecule has 0 saturated carbocycles. The first-order valence-corrected chi connectivity index (χ1v) is 10.7. The minimum Gasteiger partial charge on any atom is -0.325 e. The zero-order valence-corrected chi connectivity index (χ0v) is 18.2. The molecule has 0 fully saturated rings. The number of fused-ring (bicyclic) bond motifs is 1. The topological polar surface area (TPSA) is 64.0 Å². The van der Waals surface area contributed by atoms with Crippen molar-refractivity contribution in [1.29, 1.82) is 0 Å². The van der Waals surface area contributed by atoms with Gasteiger partial charge in [-0.25, -0.2) is 4.98 Å². The third-order valence-corrected chi connectivity index (χ3v) is 5.45. The van der Waals surface area contributed by atoms with Crippen LogP contribution in [0.15, 0.2) is 52.4 Å². The highest BCUT2D eigenvalue weighted by Gasteiger charge is 2.30. The van der Waals surface area contributed by atoms with E-state index in [0.717, 1.165) is 23.9 Å². The van der Waals surface area contributed by atoms with E-state index in [-0.39, 0.29) is 22.9 Å². The van der Waals surface area contributed by atoms with Crippen molar-refractivity contribution in [2.45, 2.75) is 31.7 Å². The number of nitrogens with one attached hydrogen (secondary N) is 1. The van der Waals surface area contributed by atoms with Gasteiger partial charge in [-0.2, -0.15) is 13.2 Å². The Morgan fingerprint density at radius 2 is 1.97 bits per heavy atom. The molecule has 164 valence electrons. The van der Waals surface area contributed by atoms with E-state index in [1.807, 2.05) is 13.8 Å². The van der Waals surface area contributed by atoms with Crippen LogP contribution in [0.5, 0.6) is 0 Å². The molecule has 5 nitrogen and oxygen atoms in total. The van der Waals surface area contributed by atoms with Crippen molar-refractivity contribution in [2.75, 3.05) is 11.1 Å². The summed E-state index contributed by atoms with van der Waals surface area (Å²) in [5.41, 5.74) is -0.635. The molecule has 31 heavy (non-hydrogen) atoms. The van der Waals surface area contributed by atoms with Crippen molar-refractivity contribution in [3.8, 4) is 0 Å². The van der Waals surface area contributed by atoms with Crippen LogP contribution in [-0.2, 0) is 17.5 Å². The number of nitrogens with zero attached hydrogens (tertiary/aromatic N) is 2. The zero-order valence-electron chi connectivity index (χ0n) is 16.7. The summed E-state index contributed by atoms with van der Waals surface area (Å²) in [5.74, 6) is -0.490. The summed E-state index contributed by atoms with van der Waals surface area (Å²) in [4.78, 5) is 29.7. The van der Waals surface area contributed by atoms with E-state index in [0.29, 0.717) is 27.6 Å². The van der Waals surface area contributed by atoms with Crippen LogP contribution in [0.1, 0.15) is 19.4 Å². The Bertz CT molecular complexity index is 1180. The minimum atomic E-state index is -4.50. The number of alkyl halides is 3. The molecule has 0 aliphatic rings. The minimum absolute atomic E-state index is 0.0400. The molecular weight excluding hydrogens is 451 g/mol. The third-order valence-electron chi connectivity index (χ3n) is 4.24. The third kappa shape index (κ3) is 5.80. The molecule has 10 heteroatoms. The van der Waals surface area contributed by atoms with Crippen LogP contribution in [0, 0.1) is 5.92 Å².